The van der Waals surface area contributed by atoms with E-state index in [9.17, 15) is 9.59 Å². The van der Waals surface area contributed by atoms with Crippen molar-refractivity contribution < 1.29 is 28.2 Å². The van der Waals surface area contributed by atoms with Gasteiger partial charge >= 0.3 is 5.97 Å². The van der Waals surface area contributed by atoms with Crippen LogP contribution in [-0.2, 0) is 14.3 Å². The van der Waals surface area contributed by atoms with Crippen LogP contribution in [0.1, 0.15) is 13.8 Å². The fourth-order valence-electron chi connectivity index (χ4n) is 2.60. The second kappa shape index (κ2) is 10.1. The molecule has 0 bridgehead atoms. The van der Waals surface area contributed by atoms with Crippen molar-refractivity contribution >= 4 is 28.5 Å². The first kappa shape index (κ1) is 21.7. The molecule has 1 heterocycles. The normalized spacial score (nSPS) is 11.8. The molecule has 3 aromatic rings. The molecule has 0 fully saturated rings. The van der Waals surface area contributed by atoms with Gasteiger partial charge in [-0.2, -0.15) is 0 Å². The van der Waals surface area contributed by atoms with Gasteiger partial charge in [-0.25, -0.2) is 4.79 Å². The summed E-state index contributed by atoms with van der Waals surface area (Å²) in [7, 11) is 0. The predicted molar refractivity (Wildman–Crippen MR) is 112 cm³/mol. The minimum atomic E-state index is -0.835. The molecular weight excluding hydrogens is 412 g/mol. The van der Waals surface area contributed by atoms with E-state index < -0.39 is 12.1 Å². The number of esters is 1. The summed E-state index contributed by atoms with van der Waals surface area (Å²) >= 11 is 6.07. The highest BCUT2D eigenvalue weighted by Gasteiger charge is 2.17. The summed E-state index contributed by atoms with van der Waals surface area (Å²) in [4.78, 5) is 24.7. The summed E-state index contributed by atoms with van der Waals surface area (Å²) in [6, 6.07) is 11.5. The monoisotopic (exact) mass is 432 g/mol. The molecule has 0 N–H and O–H groups in total. The van der Waals surface area contributed by atoms with Gasteiger partial charge in [-0.1, -0.05) is 23.7 Å². The van der Waals surface area contributed by atoms with Gasteiger partial charge in [0, 0.05) is 12.7 Å². The maximum absolute atomic E-state index is 12.7. The summed E-state index contributed by atoms with van der Waals surface area (Å²) < 4.78 is 26.9. The molecule has 0 spiro atoms. The Bertz CT molecular complexity index is 1080. The molecule has 0 aliphatic carbocycles. The van der Waals surface area contributed by atoms with Gasteiger partial charge in [-0.3, -0.25) is 4.79 Å². The van der Waals surface area contributed by atoms with Crippen LogP contribution in [-0.4, -0.2) is 31.9 Å². The van der Waals surface area contributed by atoms with E-state index in [1.54, 1.807) is 43.3 Å². The summed E-state index contributed by atoms with van der Waals surface area (Å²) in [6.45, 7) is 4.47. The second-order valence-electron chi connectivity index (χ2n) is 6.24. The van der Waals surface area contributed by atoms with Crippen LogP contribution in [0.2, 0.25) is 5.02 Å². The SMILES string of the molecule is CCOCCOC(=O)[C@H](C)Oc1ccc2c(=O)c(Oc3ccccc3Cl)coc2c1. The Labute approximate surface area is 178 Å². The van der Waals surface area contributed by atoms with Crippen LogP contribution < -0.4 is 14.9 Å². The van der Waals surface area contributed by atoms with Crippen molar-refractivity contribution in [2.75, 3.05) is 19.8 Å². The number of hydrogen-bond donors (Lipinski definition) is 0. The number of para-hydroxylation sites is 1. The quantitative estimate of drug-likeness (QED) is 0.361. The Morgan fingerprint density at radius 2 is 1.93 bits per heavy atom. The summed E-state index contributed by atoms with van der Waals surface area (Å²) in [5.41, 5.74) is -0.0629. The Hall–Kier alpha value is -3.03. The van der Waals surface area contributed by atoms with E-state index >= 15 is 0 Å². The molecule has 3 rings (SSSR count). The Balaban J connectivity index is 1.72. The van der Waals surface area contributed by atoms with Gasteiger partial charge in [-0.15, -0.1) is 0 Å². The molecule has 0 saturated heterocycles. The van der Waals surface area contributed by atoms with Crippen LogP contribution in [0.4, 0.5) is 0 Å². The molecule has 2 aromatic carbocycles. The molecule has 7 nitrogen and oxygen atoms in total. The summed E-state index contributed by atoms with van der Waals surface area (Å²) in [5.74, 6) is 0.206. The zero-order chi connectivity index (χ0) is 21.5. The lowest BCUT2D eigenvalue weighted by Gasteiger charge is -2.14. The molecule has 0 saturated carbocycles. The minimum Gasteiger partial charge on any atom is -0.479 e. The first-order chi connectivity index (χ1) is 14.5. The number of benzene rings is 2. The summed E-state index contributed by atoms with van der Waals surface area (Å²) in [5, 5.41) is 0.682. The fourth-order valence-corrected chi connectivity index (χ4v) is 2.77. The van der Waals surface area contributed by atoms with Crippen molar-refractivity contribution in [3.63, 3.8) is 0 Å². The molecular formula is C22H21ClO7. The van der Waals surface area contributed by atoms with Gasteiger partial charge in [0.1, 0.15) is 30.0 Å². The molecule has 0 aliphatic heterocycles. The number of carbonyl (C=O) groups excluding carboxylic acids is 1. The van der Waals surface area contributed by atoms with E-state index in [0.29, 0.717) is 40.7 Å². The van der Waals surface area contributed by atoms with E-state index in [1.165, 1.54) is 12.3 Å². The largest absolute Gasteiger partial charge is 0.479 e. The van der Waals surface area contributed by atoms with Gasteiger partial charge in [0.15, 0.2) is 6.10 Å². The molecule has 1 aromatic heterocycles. The Morgan fingerprint density at radius 1 is 1.13 bits per heavy atom. The topological polar surface area (TPSA) is 84.2 Å². The zero-order valence-electron chi connectivity index (χ0n) is 16.6. The maximum Gasteiger partial charge on any atom is 0.347 e. The maximum atomic E-state index is 12.7. The molecule has 1 atom stereocenters. The highest BCUT2D eigenvalue weighted by Crippen LogP contribution is 2.29. The third-order valence-corrected chi connectivity index (χ3v) is 4.40. The van der Waals surface area contributed by atoms with Gasteiger partial charge in [0.2, 0.25) is 11.2 Å². The predicted octanol–water partition coefficient (Wildman–Crippen LogP) is 4.59. The van der Waals surface area contributed by atoms with Crippen molar-refractivity contribution in [3.8, 4) is 17.2 Å². The molecule has 30 heavy (non-hydrogen) atoms. The number of hydrogen-bond acceptors (Lipinski definition) is 7. The lowest BCUT2D eigenvalue weighted by Crippen LogP contribution is -2.27. The van der Waals surface area contributed by atoms with Gasteiger partial charge in [0.05, 0.1) is 17.0 Å². The highest BCUT2D eigenvalue weighted by molar-refractivity contribution is 6.32. The van der Waals surface area contributed by atoms with Crippen LogP contribution in [0.3, 0.4) is 0 Å². The number of rotatable bonds is 9. The molecule has 0 radical (unpaired) electrons. The van der Waals surface area contributed by atoms with Crippen LogP contribution in [0.15, 0.2) is 57.9 Å². The van der Waals surface area contributed by atoms with Gasteiger partial charge in [0.25, 0.3) is 0 Å². The number of ether oxygens (including phenoxy) is 4. The smallest absolute Gasteiger partial charge is 0.347 e. The minimum absolute atomic E-state index is 0.00973. The fraction of sp³-hybridized carbons (Fsp3) is 0.273. The Morgan fingerprint density at radius 3 is 2.70 bits per heavy atom. The van der Waals surface area contributed by atoms with Crippen LogP contribution in [0.25, 0.3) is 11.0 Å². The van der Waals surface area contributed by atoms with E-state index in [1.807, 2.05) is 6.92 Å². The van der Waals surface area contributed by atoms with Gasteiger partial charge < -0.3 is 23.4 Å². The lowest BCUT2D eigenvalue weighted by molar-refractivity contribution is -0.152. The Kier molecular flexibility index (Phi) is 7.32. The van der Waals surface area contributed by atoms with E-state index in [2.05, 4.69) is 0 Å². The van der Waals surface area contributed by atoms with Crippen molar-refractivity contribution in [1.82, 2.24) is 0 Å². The average Bonchev–Trinajstić information content (AvgIpc) is 2.74. The molecule has 8 heteroatoms. The lowest BCUT2D eigenvalue weighted by atomic mass is 10.2. The standard InChI is InChI=1S/C22H21ClO7/c1-3-26-10-11-27-22(25)14(2)29-15-8-9-16-19(12-15)28-13-20(21(16)24)30-18-7-5-4-6-17(18)23/h4-9,12-14H,3,10-11H2,1-2H3/t14-/m0/s1. The number of fused-ring (bicyclic) bond motifs is 1. The van der Waals surface area contributed by atoms with Crippen molar-refractivity contribution in [3.05, 3.63) is 64.0 Å². The van der Waals surface area contributed by atoms with Crippen molar-refractivity contribution in [1.29, 1.82) is 0 Å². The zero-order valence-corrected chi connectivity index (χ0v) is 17.3. The van der Waals surface area contributed by atoms with Crippen molar-refractivity contribution in [2.24, 2.45) is 0 Å². The van der Waals surface area contributed by atoms with Crippen LogP contribution >= 0.6 is 11.6 Å². The van der Waals surface area contributed by atoms with E-state index in [4.69, 9.17) is 35.0 Å². The molecule has 0 unspecified atom stereocenters. The first-order valence-corrected chi connectivity index (χ1v) is 9.76. The third kappa shape index (κ3) is 5.31. The first-order valence-electron chi connectivity index (χ1n) is 9.38. The van der Waals surface area contributed by atoms with Crippen LogP contribution in [0, 0.1) is 0 Å². The summed E-state index contributed by atoms with van der Waals surface area (Å²) in [6.07, 6.45) is 0.377. The van der Waals surface area contributed by atoms with Crippen LogP contribution in [0.5, 0.6) is 17.2 Å². The van der Waals surface area contributed by atoms with E-state index in [-0.39, 0.29) is 17.8 Å². The second-order valence-corrected chi connectivity index (χ2v) is 6.65. The van der Waals surface area contributed by atoms with Gasteiger partial charge in [-0.05, 0) is 38.1 Å². The van der Waals surface area contributed by atoms with E-state index in [0.717, 1.165) is 0 Å². The average molecular weight is 433 g/mol. The molecule has 0 aliphatic rings. The number of halogens is 1. The number of carbonyl (C=O) groups is 1. The van der Waals surface area contributed by atoms with Crippen molar-refractivity contribution in [2.45, 2.75) is 20.0 Å². The third-order valence-electron chi connectivity index (χ3n) is 4.09. The highest BCUT2D eigenvalue weighted by atomic mass is 35.5. The molecule has 0 amide bonds. The molecule has 158 valence electrons.